The molecule has 3 unspecified atom stereocenters. The number of nitrogens with one attached hydrogen (secondary N) is 2. The van der Waals surface area contributed by atoms with Crippen LogP contribution < -0.4 is 10.6 Å². The number of carboxylic acid groups (broad SMARTS) is 1. The molecule has 2 amide bonds. The molecular formula is C12H22N2O3S. The Kier molecular flexibility index (Phi) is 6.32. The van der Waals surface area contributed by atoms with E-state index in [4.69, 9.17) is 5.11 Å². The number of urea groups is 1. The fraction of sp³-hybridized carbons (Fsp3) is 0.833. The van der Waals surface area contributed by atoms with E-state index < -0.39 is 12.0 Å². The van der Waals surface area contributed by atoms with Crippen LogP contribution in [0.2, 0.25) is 0 Å². The van der Waals surface area contributed by atoms with Crippen molar-refractivity contribution in [2.45, 2.75) is 44.4 Å². The first-order valence-corrected chi connectivity index (χ1v) is 7.48. The highest BCUT2D eigenvalue weighted by atomic mass is 32.2. The van der Waals surface area contributed by atoms with Crippen molar-refractivity contribution in [2.75, 3.05) is 12.3 Å². The zero-order chi connectivity index (χ0) is 13.5. The molecule has 3 N–H and O–H groups in total. The van der Waals surface area contributed by atoms with Gasteiger partial charge < -0.3 is 15.7 Å². The van der Waals surface area contributed by atoms with E-state index in [1.165, 1.54) is 6.42 Å². The van der Waals surface area contributed by atoms with Gasteiger partial charge in [-0.25, -0.2) is 9.59 Å². The summed E-state index contributed by atoms with van der Waals surface area (Å²) in [5.41, 5.74) is 0. The van der Waals surface area contributed by atoms with Crippen molar-refractivity contribution < 1.29 is 14.7 Å². The summed E-state index contributed by atoms with van der Waals surface area (Å²) in [5, 5.41) is 14.8. The Morgan fingerprint density at radius 2 is 2.22 bits per heavy atom. The molecule has 0 saturated carbocycles. The van der Waals surface area contributed by atoms with Crippen LogP contribution in [0.4, 0.5) is 4.79 Å². The lowest BCUT2D eigenvalue weighted by molar-refractivity contribution is -0.140. The van der Waals surface area contributed by atoms with Crippen molar-refractivity contribution >= 4 is 23.8 Å². The first-order valence-electron chi connectivity index (χ1n) is 6.43. The molecular weight excluding hydrogens is 252 g/mol. The predicted molar refractivity (Wildman–Crippen MR) is 72.9 cm³/mol. The Labute approximate surface area is 112 Å². The molecule has 0 spiro atoms. The van der Waals surface area contributed by atoms with Gasteiger partial charge in [-0.15, -0.1) is 0 Å². The first-order chi connectivity index (χ1) is 8.54. The van der Waals surface area contributed by atoms with Crippen LogP contribution in [0, 0.1) is 5.92 Å². The van der Waals surface area contributed by atoms with Crippen molar-refractivity contribution in [1.82, 2.24) is 10.6 Å². The highest BCUT2D eigenvalue weighted by molar-refractivity contribution is 8.00. The van der Waals surface area contributed by atoms with E-state index in [2.05, 4.69) is 10.6 Å². The number of carboxylic acids is 1. The summed E-state index contributed by atoms with van der Waals surface area (Å²) in [5.74, 6) is 0.0994. The molecule has 1 rings (SSSR count). The molecule has 18 heavy (non-hydrogen) atoms. The van der Waals surface area contributed by atoms with Gasteiger partial charge in [0, 0.05) is 11.8 Å². The molecule has 1 aliphatic heterocycles. The monoisotopic (exact) mass is 274 g/mol. The van der Waals surface area contributed by atoms with Crippen molar-refractivity contribution in [2.24, 2.45) is 5.92 Å². The first kappa shape index (κ1) is 15.1. The third-order valence-corrected chi connectivity index (χ3v) is 4.68. The summed E-state index contributed by atoms with van der Waals surface area (Å²) in [4.78, 5) is 22.7. The van der Waals surface area contributed by atoms with Gasteiger partial charge in [-0.2, -0.15) is 11.8 Å². The molecule has 1 heterocycles. The number of hydrogen-bond donors (Lipinski definition) is 3. The van der Waals surface area contributed by atoms with Gasteiger partial charge in [0.2, 0.25) is 0 Å². The minimum absolute atomic E-state index is 0.0749. The second kappa shape index (κ2) is 7.51. The van der Waals surface area contributed by atoms with Gasteiger partial charge in [-0.1, -0.05) is 20.3 Å². The SMILES string of the molecule is CCC(C)C(NC(=O)NCC1CCCS1)C(=O)O. The number of thioether (sulfide) groups is 1. The number of rotatable bonds is 6. The molecule has 0 radical (unpaired) electrons. The Morgan fingerprint density at radius 1 is 1.50 bits per heavy atom. The van der Waals surface area contributed by atoms with Crippen LogP contribution >= 0.6 is 11.8 Å². The molecule has 0 aromatic rings. The summed E-state index contributed by atoms with van der Waals surface area (Å²) in [6.07, 6.45) is 3.04. The van der Waals surface area contributed by atoms with Crippen molar-refractivity contribution in [3.63, 3.8) is 0 Å². The number of aliphatic carboxylic acids is 1. The highest BCUT2D eigenvalue weighted by Gasteiger charge is 2.25. The fourth-order valence-corrected chi connectivity index (χ4v) is 3.09. The molecule has 6 heteroatoms. The van der Waals surface area contributed by atoms with E-state index in [0.29, 0.717) is 11.8 Å². The topological polar surface area (TPSA) is 78.4 Å². The molecule has 104 valence electrons. The quantitative estimate of drug-likeness (QED) is 0.688. The largest absolute Gasteiger partial charge is 0.480 e. The molecule has 3 atom stereocenters. The minimum atomic E-state index is -0.977. The average Bonchev–Trinajstić information content (AvgIpc) is 2.85. The van der Waals surface area contributed by atoms with E-state index >= 15 is 0 Å². The van der Waals surface area contributed by atoms with Crippen LogP contribution in [0.3, 0.4) is 0 Å². The Hall–Kier alpha value is -0.910. The summed E-state index contributed by atoms with van der Waals surface area (Å²) >= 11 is 1.86. The molecule has 1 saturated heterocycles. The maximum Gasteiger partial charge on any atom is 0.326 e. The molecule has 0 aliphatic carbocycles. The predicted octanol–water partition coefficient (Wildman–Crippen LogP) is 1.68. The lowest BCUT2D eigenvalue weighted by atomic mass is 9.99. The molecule has 0 aromatic heterocycles. The van der Waals surface area contributed by atoms with Crippen LogP contribution in [-0.2, 0) is 4.79 Å². The van der Waals surface area contributed by atoms with E-state index in [9.17, 15) is 9.59 Å². The molecule has 1 aliphatic rings. The average molecular weight is 274 g/mol. The van der Waals surface area contributed by atoms with E-state index in [0.717, 1.165) is 18.6 Å². The Morgan fingerprint density at radius 3 is 2.72 bits per heavy atom. The van der Waals surface area contributed by atoms with Gasteiger partial charge in [-0.3, -0.25) is 0 Å². The van der Waals surface area contributed by atoms with Crippen LogP contribution in [0.1, 0.15) is 33.1 Å². The fourth-order valence-electron chi connectivity index (χ4n) is 1.89. The van der Waals surface area contributed by atoms with Gasteiger partial charge in [0.15, 0.2) is 0 Å². The number of carbonyl (C=O) groups is 2. The van der Waals surface area contributed by atoms with E-state index in [-0.39, 0.29) is 11.9 Å². The molecule has 0 aromatic carbocycles. The number of hydrogen-bond acceptors (Lipinski definition) is 3. The second-order valence-electron chi connectivity index (χ2n) is 4.69. The maximum atomic E-state index is 11.6. The lowest BCUT2D eigenvalue weighted by Crippen LogP contribution is -2.50. The summed E-state index contributed by atoms with van der Waals surface area (Å²) in [6.45, 7) is 4.35. The third-order valence-electron chi connectivity index (χ3n) is 3.28. The Bertz CT molecular complexity index is 293. The summed E-state index contributed by atoms with van der Waals surface area (Å²) in [6, 6.07) is -1.19. The third kappa shape index (κ3) is 4.76. The van der Waals surface area contributed by atoms with E-state index in [1.54, 1.807) is 0 Å². The normalized spacial score (nSPS) is 22.2. The number of amides is 2. The summed E-state index contributed by atoms with van der Waals surface area (Å²) < 4.78 is 0. The van der Waals surface area contributed by atoms with Gasteiger partial charge in [0.1, 0.15) is 6.04 Å². The van der Waals surface area contributed by atoms with Gasteiger partial charge in [0.05, 0.1) is 0 Å². The zero-order valence-electron chi connectivity index (χ0n) is 10.9. The second-order valence-corrected chi connectivity index (χ2v) is 6.10. The summed E-state index contributed by atoms with van der Waals surface area (Å²) in [7, 11) is 0. The van der Waals surface area contributed by atoms with Gasteiger partial charge >= 0.3 is 12.0 Å². The van der Waals surface area contributed by atoms with Crippen molar-refractivity contribution in [1.29, 1.82) is 0 Å². The molecule has 0 bridgehead atoms. The van der Waals surface area contributed by atoms with E-state index in [1.807, 2.05) is 25.6 Å². The van der Waals surface area contributed by atoms with Crippen LogP contribution in [-0.4, -0.2) is 40.7 Å². The number of carbonyl (C=O) groups excluding carboxylic acids is 1. The lowest BCUT2D eigenvalue weighted by Gasteiger charge is -2.20. The minimum Gasteiger partial charge on any atom is -0.480 e. The molecule has 1 fully saturated rings. The van der Waals surface area contributed by atoms with Gasteiger partial charge in [-0.05, 0) is 24.5 Å². The highest BCUT2D eigenvalue weighted by Crippen LogP contribution is 2.25. The van der Waals surface area contributed by atoms with Crippen molar-refractivity contribution in [3.05, 3.63) is 0 Å². The Balaban J connectivity index is 2.33. The van der Waals surface area contributed by atoms with Crippen LogP contribution in [0.15, 0.2) is 0 Å². The van der Waals surface area contributed by atoms with Crippen LogP contribution in [0.5, 0.6) is 0 Å². The van der Waals surface area contributed by atoms with Gasteiger partial charge in [0.25, 0.3) is 0 Å². The molecule has 5 nitrogen and oxygen atoms in total. The standard InChI is InChI=1S/C12H22N2O3S/c1-3-8(2)10(11(15)16)14-12(17)13-7-9-5-4-6-18-9/h8-10H,3-7H2,1-2H3,(H,15,16)(H2,13,14,17). The van der Waals surface area contributed by atoms with Crippen LogP contribution in [0.25, 0.3) is 0 Å². The smallest absolute Gasteiger partial charge is 0.326 e. The maximum absolute atomic E-state index is 11.6. The zero-order valence-corrected chi connectivity index (χ0v) is 11.8. The van der Waals surface area contributed by atoms with Crippen molar-refractivity contribution in [3.8, 4) is 0 Å².